The molecule has 1 aliphatic heterocycles. The number of aryl methyl sites for hydroxylation is 2. The molecule has 2 aromatic carbocycles. The Labute approximate surface area is 204 Å². The van der Waals surface area contributed by atoms with Gasteiger partial charge >= 0.3 is 0 Å². The molecule has 0 atom stereocenters. The summed E-state index contributed by atoms with van der Waals surface area (Å²) in [5.74, 6) is -0.611. The highest BCUT2D eigenvalue weighted by Gasteiger charge is 2.31. The number of benzene rings is 2. The number of carbonyl (C=O) groups excluding carboxylic acids is 1. The molecule has 11 heteroatoms. The Hall–Kier alpha value is -3.21. The molecule has 34 heavy (non-hydrogen) atoms. The lowest BCUT2D eigenvalue weighted by molar-refractivity contribution is 0.102. The highest BCUT2D eigenvalue weighted by Crippen LogP contribution is 2.35. The summed E-state index contributed by atoms with van der Waals surface area (Å²) in [5, 5.41) is 3.16. The van der Waals surface area contributed by atoms with Gasteiger partial charge in [0.05, 0.1) is 10.6 Å². The normalized spacial score (nSPS) is 13.3. The lowest BCUT2D eigenvalue weighted by atomic mass is 10.1. The predicted molar refractivity (Wildman–Crippen MR) is 133 cm³/mol. The van der Waals surface area contributed by atoms with Gasteiger partial charge in [-0.25, -0.2) is 13.4 Å². The maximum Gasteiger partial charge on any atom is 0.271 e. The molecule has 4 aromatic rings. The Morgan fingerprint density at radius 1 is 1.15 bits per heavy atom. The first kappa shape index (κ1) is 22.6. The monoisotopic (exact) mass is 514 g/mol. The zero-order valence-electron chi connectivity index (χ0n) is 18.2. The summed E-state index contributed by atoms with van der Waals surface area (Å²) in [5.41, 5.74) is 1.92. The quantitative estimate of drug-likeness (QED) is 0.443. The maximum absolute atomic E-state index is 13.2. The van der Waals surface area contributed by atoms with Crippen LogP contribution < -0.4 is 15.2 Å². The molecule has 0 saturated heterocycles. The SMILES string of the molecule is Cc1sc2ncc(C(=O)Nc3ccc4c(c3)N(S(=O)(=O)c3ccc(Cl)cc3)CC4)c(=O)n2c1C. The summed E-state index contributed by atoms with van der Waals surface area (Å²) >= 11 is 7.28. The van der Waals surface area contributed by atoms with Crippen LogP contribution in [0, 0.1) is 13.8 Å². The molecule has 8 nitrogen and oxygen atoms in total. The second kappa shape index (κ2) is 8.23. The first-order chi connectivity index (χ1) is 16.2. The fourth-order valence-corrected chi connectivity index (χ4v) is 6.49. The van der Waals surface area contributed by atoms with Crippen molar-refractivity contribution >= 4 is 55.2 Å². The number of rotatable bonds is 4. The van der Waals surface area contributed by atoms with Crippen molar-refractivity contribution < 1.29 is 13.2 Å². The number of carbonyl (C=O) groups is 1. The van der Waals surface area contributed by atoms with Gasteiger partial charge in [0, 0.05) is 34.0 Å². The molecule has 1 N–H and O–H groups in total. The number of fused-ring (bicyclic) bond motifs is 2. The summed E-state index contributed by atoms with van der Waals surface area (Å²) in [6, 6.07) is 11.1. The highest BCUT2D eigenvalue weighted by atomic mass is 35.5. The van der Waals surface area contributed by atoms with Gasteiger partial charge in [0.15, 0.2) is 4.96 Å². The van der Waals surface area contributed by atoms with Crippen LogP contribution in [-0.2, 0) is 16.4 Å². The van der Waals surface area contributed by atoms with Gasteiger partial charge in [0.25, 0.3) is 21.5 Å². The lowest BCUT2D eigenvalue weighted by Gasteiger charge is -2.20. The van der Waals surface area contributed by atoms with E-state index >= 15 is 0 Å². The molecule has 1 amide bonds. The second-order valence-corrected chi connectivity index (χ2v) is 11.4. The van der Waals surface area contributed by atoms with Gasteiger partial charge in [-0.1, -0.05) is 17.7 Å². The third-order valence-electron chi connectivity index (χ3n) is 5.86. The molecular weight excluding hydrogens is 496 g/mol. The summed E-state index contributed by atoms with van der Waals surface area (Å²) < 4.78 is 29.2. The van der Waals surface area contributed by atoms with Crippen LogP contribution in [-0.4, -0.2) is 30.3 Å². The number of nitrogens with one attached hydrogen (secondary N) is 1. The van der Waals surface area contributed by atoms with Crippen LogP contribution in [0.3, 0.4) is 0 Å². The Morgan fingerprint density at radius 2 is 1.88 bits per heavy atom. The molecule has 5 rings (SSSR count). The molecule has 0 aliphatic carbocycles. The fraction of sp³-hybridized carbons (Fsp3) is 0.174. The van der Waals surface area contributed by atoms with E-state index in [0.29, 0.717) is 27.8 Å². The molecule has 3 heterocycles. The van der Waals surface area contributed by atoms with E-state index in [-0.39, 0.29) is 17.0 Å². The van der Waals surface area contributed by atoms with E-state index in [1.807, 2.05) is 6.92 Å². The minimum Gasteiger partial charge on any atom is -0.322 e. The summed E-state index contributed by atoms with van der Waals surface area (Å²) in [7, 11) is -3.80. The van der Waals surface area contributed by atoms with Gasteiger partial charge in [-0.05, 0) is 62.2 Å². The fourth-order valence-electron chi connectivity index (χ4n) is 3.94. The lowest BCUT2D eigenvalue weighted by Crippen LogP contribution is -2.29. The molecule has 174 valence electrons. The van der Waals surface area contributed by atoms with Crippen molar-refractivity contribution in [3.63, 3.8) is 0 Å². The number of aromatic nitrogens is 2. The second-order valence-electron chi connectivity index (χ2n) is 7.92. The zero-order chi connectivity index (χ0) is 24.2. The summed E-state index contributed by atoms with van der Waals surface area (Å²) in [4.78, 5) is 31.7. The van der Waals surface area contributed by atoms with Crippen LogP contribution in [0.2, 0.25) is 5.02 Å². The molecule has 2 aromatic heterocycles. The van der Waals surface area contributed by atoms with Crippen molar-refractivity contribution in [1.82, 2.24) is 9.38 Å². The molecule has 1 aliphatic rings. The van der Waals surface area contributed by atoms with Crippen molar-refractivity contribution in [1.29, 1.82) is 0 Å². The number of thiazole rings is 1. The van der Waals surface area contributed by atoms with E-state index in [9.17, 15) is 18.0 Å². The minimum atomic E-state index is -3.80. The third-order valence-corrected chi connectivity index (χ3v) is 9.01. The van der Waals surface area contributed by atoms with Crippen LogP contribution in [0.4, 0.5) is 11.4 Å². The van der Waals surface area contributed by atoms with Crippen LogP contribution in [0.1, 0.15) is 26.5 Å². The van der Waals surface area contributed by atoms with Gasteiger partial charge in [0.1, 0.15) is 5.56 Å². The van der Waals surface area contributed by atoms with Crippen LogP contribution in [0.25, 0.3) is 4.96 Å². The Bertz CT molecular complexity index is 1630. The van der Waals surface area contributed by atoms with Gasteiger partial charge in [-0.15, -0.1) is 11.3 Å². The van der Waals surface area contributed by atoms with E-state index in [0.717, 1.165) is 16.1 Å². The van der Waals surface area contributed by atoms with Gasteiger partial charge in [0.2, 0.25) is 0 Å². The number of halogens is 1. The van der Waals surface area contributed by atoms with Crippen LogP contribution in [0.15, 0.2) is 58.4 Å². The third kappa shape index (κ3) is 3.67. The topological polar surface area (TPSA) is 101 Å². The standard InChI is InChI=1S/C23H19ClN4O4S2/c1-13-14(2)33-23-25-12-19(22(30)28(13)23)21(29)26-17-6-3-15-9-10-27(20(15)11-17)34(31,32)18-7-4-16(24)5-8-18/h3-8,11-12H,9-10H2,1-2H3,(H,26,29). The van der Waals surface area contributed by atoms with E-state index < -0.39 is 21.5 Å². The largest absolute Gasteiger partial charge is 0.322 e. The Balaban J connectivity index is 1.46. The van der Waals surface area contributed by atoms with E-state index in [1.165, 1.54) is 50.5 Å². The van der Waals surface area contributed by atoms with Crippen LogP contribution in [0.5, 0.6) is 0 Å². The molecular formula is C23H19ClN4O4S2. The minimum absolute atomic E-state index is 0.0930. The molecule has 0 unspecified atom stereocenters. The number of anilines is 2. The number of nitrogens with zero attached hydrogens (tertiary/aromatic N) is 3. The average Bonchev–Trinajstić information content (AvgIpc) is 3.35. The predicted octanol–water partition coefficient (Wildman–Crippen LogP) is 4.03. The number of amides is 1. The summed E-state index contributed by atoms with van der Waals surface area (Å²) in [6.07, 6.45) is 1.82. The van der Waals surface area contributed by atoms with Crippen molar-refractivity contribution in [2.75, 3.05) is 16.2 Å². The van der Waals surface area contributed by atoms with Crippen molar-refractivity contribution in [3.05, 3.63) is 85.7 Å². The number of hydrogen-bond donors (Lipinski definition) is 1. The highest BCUT2D eigenvalue weighted by molar-refractivity contribution is 7.92. The molecule has 0 saturated carbocycles. The first-order valence-electron chi connectivity index (χ1n) is 10.4. The van der Waals surface area contributed by atoms with Gasteiger partial charge in [-0.3, -0.25) is 18.3 Å². The smallest absolute Gasteiger partial charge is 0.271 e. The van der Waals surface area contributed by atoms with Crippen molar-refractivity contribution in [3.8, 4) is 0 Å². The van der Waals surface area contributed by atoms with E-state index in [1.54, 1.807) is 25.1 Å². The maximum atomic E-state index is 13.2. The zero-order valence-corrected chi connectivity index (χ0v) is 20.6. The van der Waals surface area contributed by atoms with Gasteiger partial charge < -0.3 is 5.32 Å². The first-order valence-corrected chi connectivity index (χ1v) is 13.0. The van der Waals surface area contributed by atoms with E-state index in [4.69, 9.17) is 11.6 Å². The number of sulfonamides is 1. The van der Waals surface area contributed by atoms with Crippen molar-refractivity contribution in [2.24, 2.45) is 0 Å². The Morgan fingerprint density at radius 3 is 2.62 bits per heavy atom. The molecule has 0 radical (unpaired) electrons. The molecule has 0 fully saturated rings. The molecule has 0 bridgehead atoms. The molecule has 0 spiro atoms. The van der Waals surface area contributed by atoms with Crippen molar-refractivity contribution in [2.45, 2.75) is 25.2 Å². The summed E-state index contributed by atoms with van der Waals surface area (Å²) in [6.45, 7) is 3.98. The average molecular weight is 515 g/mol. The Kier molecular flexibility index (Phi) is 5.46. The van der Waals surface area contributed by atoms with Crippen LogP contribution >= 0.6 is 22.9 Å². The number of hydrogen-bond acceptors (Lipinski definition) is 6. The van der Waals surface area contributed by atoms with E-state index in [2.05, 4.69) is 10.3 Å². The van der Waals surface area contributed by atoms with Gasteiger partial charge in [-0.2, -0.15) is 0 Å².